The predicted molar refractivity (Wildman–Crippen MR) is 94.9 cm³/mol. The highest BCUT2D eigenvalue weighted by Gasteiger charge is 2.60. The van der Waals surface area contributed by atoms with E-state index in [1.165, 1.54) is 31.5 Å². The molecule has 1 saturated heterocycles. The lowest BCUT2D eigenvalue weighted by Gasteiger charge is -2.15. The minimum absolute atomic E-state index is 0.123. The van der Waals surface area contributed by atoms with E-state index >= 15 is 0 Å². The average molecular weight is 387 g/mol. The van der Waals surface area contributed by atoms with Crippen LogP contribution in [0.15, 0.2) is 60.0 Å². The maximum atomic E-state index is 14.3. The van der Waals surface area contributed by atoms with Gasteiger partial charge in [-0.3, -0.25) is 4.79 Å². The molecule has 1 aromatic heterocycles. The first-order valence-corrected chi connectivity index (χ1v) is 9.06. The molecule has 0 N–H and O–H groups in total. The third-order valence-electron chi connectivity index (χ3n) is 4.41. The van der Waals surface area contributed by atoms with Gasteiger partial charge in [-0.15, -0.1) is 0 Å². The van der Waals surface area contributed by atoms with Crippen molar-refractivity contribution in [2.75, 3.05) is 0 Å². The van der Waals surface area contributed by atoms with Crippen molar-refractivity contribution in [1.29, 1.82) is 0 Å². The number of halogens is 2. The van der Waals surface area contributed by atoms with Gasteiger partial charge < -0.3 is 4.74 Å². The molecule has 27 heavy (non-hydrogen) atoms. The van der Waals surface area contributed by atoms with Gasteiger partial charge in [0, 0.05) is 12.5 Å². The standard InChI is InChI=1S/C19H15F2N3O2S/c1-12(25)27-18-22-11-23-24(18)10-19(13-6-8-14(20)9-7-13)17(26-19)15-4-2-3-5-16(15)21/h2-9,11,17H,10H2,1H3/t17-,19-/m1/s1. The van der Waals surface area contributed by atoms with Crippen LogP contribution in [0.2, 0.25) is 0 Å². The van der Waals surface area contributed by atoms with Gasteiger partial charge in [-0.25, -0.2) is 18.4 Å². The molecule has 1 fully saturated rings. The highest BCUT2D eigenvalue weighted by molar-refractivity contribution is 8.13. The summed E-state index contributed by atoms with van der Waals surface area (Å²) in [5.74, 6) is -0.742. The zero-order chi connectivity index (χ0) is 19.0. The van der Waals surface area contributed by atoms with Crippen molar-refractivity contribution in [3.63, 3.8) is 0 Å². The Morgan fingerprint density at radius 2 is 1.96 bits per heavy atom. The Morgan fingerprint density at radius 1 is 1.22 bits per heavy atom. The largest absolute Gasteiger partial charge is 0.354 e. The van der Waals surface area contributed by atoms with Crippen LogP contribution in [0.3, 0.4) is 0 Å². The van der Waals surface area contributed by atoms with Gasteiger partial charge in [0.1, 0.15) is 29.7 Å². The number of carbonyl (C=O) groups excluding carboxylic acids is 1. The van der Waals surface area contributed by atoms with Crippen LogP contribution in [0.25, 0.3) is 0 Å². The molecule has 1 aliphatic rings. The number of hydrogen-bond acceptors (Lipinski definition) is 5. The van der Waals surface area contributed by atoms with Crippen molar-refractivity contribution in [3.8, 4) is 0 Å². The van der Waals surface area contributed by atoms with E-state index in [9.17, 15) is 13.6 Å². The molecule has 8 heteroatoms. The summed E-state index contributed by atoms with van der Waals surface area (Å²) >= 11 is 0.959. The normalized spacial score (nSPS) is 21.2. The van der Waals surface area contributed by atoms with Crippen LogP contribution in [0.5, 0.6) is 0 Å². The first kappa shape index (κ1) is 17.8. The molecule has 0 radical (unpaired) electrons. The Balaban J connectivity index is 1.73. The van der Waals surface area contributed by atoms with Gasteiger partial charge in [-0.1, -0.05) is 30.3 Å². The SMILES string of the molecule is CC(=O)Sc1ncnn1C[C@]1(c2ccc(F)cc2)O[C@@H]1c1ccccc1F. The van der Waals surface area contributed by atoms with E-state index in [1.54, 1.807) is 35.0 Å². The summed E-state index contributed by atoms with van der Waals surface area (Å²) in [7, 11) is 0. The molecule has 2 atom stereocenters. The maximum Gasteiger partial charge on any atom is 0.193 e. The number of rotatable bonds is 5. The molecule has 0 bridgehead atoms. The van der Waals surface area contributed by atoms with E-state index in [0.29, 0.717) is 16.3 Å². The van der Waals surface area contributed by atoms with Gasteiger partial charge in [0.25, 0.3) is 0 Å². The molecule has 5 nitrogen and oxygen atoms in total. The molecule has 138 valence electrons. The Bertz CT molecular complexity index is 993. The molecular formula is C19H15F2N3O2S. The molecule has 0 aliphatic carbocycles. The van der Waals surface area contributed by atoms with Gasteiger partial charge >= 0.3 is 0 Å². The van der Waals surface area contributed by atoms with E-state index in [-0.39, 0.29) is 23.3 Å². The predicted octanol–water partition coefficient (Wildman–Crippen LogP) is 3.86. The van der Waals surface area contributed by atoms with Gasteiger partial charge in [0.2, 0.25) is 0 Å². The summed E-state index contributed by atoms with van der Waals surface area (Å²) in [6.07, 6.45) is 0.799. The minimum atomic E-state index is -0.921. The molecule has 2 aromatic carbocycles. The number of thioether (sulfide) groups is 1. The maximum absolute atomic E-state index is 14.3. The van der Waals surface area contributed by atoms with Crippen LogP contribution in [-0.2, 0) is 21.7 Å². The van der Waals surface area contributed by atoms with Crippen LogP contribution in [0.1, 0.15) is 24.2 Å². The Labute approximate surface area is 158 Å². The Morgan fingerprint density at radius 3 is 2.67 bits per heavy atom. The molecule has 1 aliphatic heterocycles. The molecule has 2 heterocycles. The first-order chi connectivity index (χ1) is 13.0. The summed E-state index contributed by atoms with van der Waals surface area (Å²) in [4.78, 5) is 15.5. The molecular weight excluding hydrogens is 372 g/mol. The molecule has 0 amide bonds. The van der Waals surface area contributed by atoms with Gasteiger partial charge in [-0.2, -0.15) is 5.10 Å². The fourth-order valence-electron chi connectivity index (χ4n) is 3.13. The number of hydrogen-bond donors (Lipinski definition) is 0. The van der Waals surface area contributed by atoms with E-state index in [2.05, 4.69) is 10.1 Å². The summed E-state index contributed by atoms with van der Waals surface area (Å²) < 4.78 is 35.2. The van der Waals surface area contributed by atoms with Crippen LogP contribution in [0.4, 0.5) is 8.78 Å². The fourth-order valence-corrected chi connectivity index (χ4v) is 3.71. The smallest absolute Gasteiger partial charge is 0.193 e. The van der Waals surface area contributed by atoms with Crippen molar-refractivity contribution < 1.29 is 18.3 Å². The molecule has 0 unspecified atom stereocenters. The van der Waals surface area contributed by atoms with Gasteiger partial charge in [-0.05, 0) is 35.5 Å². The minimum Gasteiger partial charge on any atom is -0.354 e. The second kappa shape index (κ2) is 6.86. The first-order valence-electron chi connectivity index (χ1n) is 8.24. The quantitative estimate of drug-likeness (QED) is 0.491. The van der Waals surface area contributed by atoms with Crippen LogP contribution in [0, 0.1) is 11.6 Å². The van der Waals surface area contributed by atoms with Crippen molar-refractivity contribution in [2.24, 2.45) is 0 Å². The summed E-state index contributed by atoms with van der Waals surface area (Å²) in [5.41, 5.74) is 0.199. The zero-order valence-electron chi connectivity index (χ0n) is 14.3. The van der Waals surface area contributed by atoms with Crippen LogP contribution in [-0.4, -0.2) is 19.9 Å². The topological polar surface area (TPSA) is 60.3 Å². The lowest BCUT2D eigenvalue weighted by Crippen LogP contribution is -2.21. The Kier molecular flexibility index (Phi) is 4.53. The molecule has 0 saturated carbocycles. The highest BCUT2D eigenvalue weighted by atomic mass is 32.2. The summed E-state index contributed by atoms with van der Waals surface area (Å²) in [6.45, 7) is 1.66. The average Bonchev–Trinajstić information content (AvgIpc) is 3.20. The third kappa shape index (κ3) is 3.38. The monoisotopic (exact) mass is 387 g/mol. The molecule has 4 rings (SSSR count). The van der Waals surface area contributed by atoms with E-state index in [4.69, 9.17) is 4.74 Å². The number of epoxide rings is 1. The zero-order valence-corrected chi connectivity index (χ0v) is 15.1. The fraction of sp³-hybridized carbons (Fsp3) is 0.211. The van der Waals surface area contributed by atoms with E-state index < -0.39 is 11.7 Å². The van der Waals surface area contributed by atoms with E-state index in [0.717, 1.165) is 11.8 Å². The Hall–Kier alpha value is -2.58. The second-order valence-corrected chi connectivity index (χ2v) is 7.35. The summed E-state index contributed by atoms with van der Waals surface area (Å²) in [6, 6.07) is 12.3. The van der Waals surface area contributed by atoms with E-state index in [1.807, 2.05) is 0 Å². The number of benzene rings is 2. The van der Waals surface area contributed by atoms with Crippen molar-refractivity contribution in [1.82, 2.24) is 14.8 Å². The number of nitrogens with zero attached hydrogens (tertiary/aromatic N) is 3. The summed E-state index contributed by atoms with van der Waals surface area (Å²) in [5, 5.41) is 4.47. The third-order valence-corrected chi connectivity index (χ3v) is 5.20. The van der Waals surface area contributed by atoms with Crippen LogP contribution < -0.4 is 0 Å². The second-order valence-electron chi connectivity index (χ2n) is 6.21. The number of carbonyl (C=O) groups is 1. The highest BCUT2D eigenvalue weighted by Crippen LogP contribution is 2.58. The number of ether oxygens (including phenoxy) is 1. The number of aromatic nitrogens is 3. The lowest BCUT2D eigenvalue weighted by molar-refractivity contribution is -0.109. The van der Waals surface area contributed by atoms with Crippen molar-refractivity contribution >= 4 is 16.9 Å². The van der Waals surface area contributed by atoms with Crippen LogP contribution >= 0.6 is 11.8 Å². The molecule has 3 aromatic rings. The van der Waals surface area contributed by atoms with Gasteiger partial charge in [0.05, 0.1) is 6.54 Å². The lowest BCUT2D eigenvalue weighted by atomic mass is 9.91. The van der Waals surface area contributed by atoms with Crippen molar-refractivity contribution in [2.45, 2.75) is 30.3 Å². The van der Waals surface area contributed by atoms with Gasteiger partial charge in [0.15, 0.2) is 10.3 Å². The molecule has 0 spiro atoms. The van der Waals surface area contributed by atoms with Crippen molar-refractivity contribution in [3.05, 3.63) is 77.6 Å².